The van der Waals surface area contributed by atoms with Gasteiger partial charge in [0, 0.05) is 29.4 Å². The smallest absolute Gasteiger partial charge is 0.308 e. The number of hydrogen-bond acceptors (Lipinski definition) is 4. The number of carbonyl (C=O) groups excluding carboxylic acids is 2. The number of aryl methyl sites for hydroxylation is 1. The average molecular weight is 403 g/mol. The van der Waals surface area contributed by atoms with Gasteiger partial charge in [-0.05, 0) is 48.9 Å². The number of amides is 2. The topological polar surface area (TPSA) is 95.9 Å². The minimum atomic E-state index is -0.975. The molecule has 2 aromatic rings. The van der Waals surface area contributed by atoms with Gasteiger partial charge >= 0.3 is 5.97 Å². The molecule has 0 spiro atoms. The van der Waals surface area contributed by atoms with Crippen LogP contribution in [0.25, 0.3) is 0 Å². The molecule has 2 N–H and O–H groups in total. The molecular weight excluding hydrogens is 384 g/mol. The highest BCUT2D eigenvalue weighted by Crippen LogP contribution is 2.27. The molecule has 28 heavy (non-hydrogen) atoms. The van der Waals surface area contributed by atoms with Crippen LogP contribution >= 0.6 is 11.6 Å². The number of benzene rings is 2. The molecule has 7 nitrogen and oxygen atoms in total. The Morgan fingerprint density at radius 2 is 1.96 bits per heavy atom. The van der Waals surface area contributed by atoms with Gasteiger partial charge in [-0.2, -0.15) is 0 Å². The lowest BCUT2D eigenvalue weighted by Crippen LogP contribution is -2.25. The van der Waals surface area contributed by atoms with Gasteiger partial charge in [-0.15, -0.1) is 0 Å². The summed E-state index contributed by atoms with van der Waals surface area (Å²) in [5.41, 5.74) is 2.10. The van der Waals surface area contributed by atoms with Crippen LogP contribution in [0.2, 0.25) is 5.02 Å². The van der Waals surface area contributed by atoms with E-state index in [0.717, 1.165) is 5.56 Å². The molecule has 0 aliphatic carbocycles. The SMILES string of the molecule is Cc1ccc(NC(=O)COc2ccc(N3C[C@H](C(=O)O)CC3=O)cc2)cc1Cl. The first-order chi connectivity index (χ1) is 13.3. The van der Waals surface area contributed by atoms with Gasteiger partial charge in [0.25, 0.3) is 5.91 Å². The Morgan fingerprint density at radius 1 is 1.25 bits per heavy atom. The normalized spacial score (nSPS) is 16.1. The van der Waals surface area contributed by atoms with E-state index in [2.05, 4.69) is 5.32 Å². The van der Waals surface area contributed by atoms with Gasteiger partial charge in [0.1, 0.15) is 5.75 Å². The molecule has 1 heterocycles. The highest BCUT2D eigenvalue weighted by atomic mass is 35.5. The van der Waals surface area contributed by atoms with Gasteiger partial charge < -0.3 is 20.1 Å². The number of nitrogens with zero attached hydrogens (tertiary/aromatic N) is 1. The predicted octanol–water partition coefficient (Wildman–Crippen LogP) is 3.10. The van der Waals surface area contributed by atoms with E-state index in [4.69, 9.17) is 21.4 Å². The van der Waals surface area contributed by atoms with Crippen LogP contribution in [0.4, 0.5) is 11.4 Å². The van der Waals surface area contributed by atoms with E-state index in [9.17, 15) is 14.4 Å². The minimum absolute atomic E-state index is 0.00319. The highest BCUT2D eigenvalue weighted by molar-refractivity contribution is 6.31. The second kappa shape index (κ2) is 8.31. The standard InChI is InChI=1S/C20H19ClN2O5/c1-12-2-3-14(9-17(12)21)22-18(24)11-28-16-6-4-15(5-7-16)23-10-13(20(26)27)8-19(23)25/h2-7,9,13H,8,10-11H2,1H3,(H,22,24)(H,26,27)/t13-/m1/s1. The fourth-order valence-electron chi connectivity index (χ4n) is 2.86. The molecule has 0 saturated carbocycles. The molecule has 2 aromatic carbocycles. The van der Waals surface area contributed by atoms with Crippen molar-refractivity contribution in [3.63, 3.8) is 0 Å². The molecular formula is C20H19ClN2O5. The quantitative estimate of drug-likeness (QED) is 0.774. The van der Waals surface area contributed by atoms with Crippen molar-refractivity contribution in [2.45, 2.75) is 13.3 Å². The van der Waals surface area contributed by atoms with Crippen molar-refractivity contribution in [3.05, 3.63) is 53.1 Å². The molecule has 0 radical (unpaired) electrons. The predicted molar refractivity (Wildman–Crippen MR) is 105 cm³/mol. The summed E-state index contributed by atoms with van der Waals surface area (Å²) in [7, 11) is 0. The Kier molecular flexibility index (Phi) is 5.84. The van der Waals surface area contributed by atoms with Crippen LogP contribution in [0.15, 0.2) is 42.5 Å². The first-order valence-electron chi connectivity index (χ1n) is 8.65. The number of carbonyl (C=O) groups is 3. The maximum atomic E-state index is 12.0. The number of hydrogen-bond donors (Lipinski definition) is 2. The van der Waals surface area contributed by atoms with E-state index in [1.165, 1.54) is 4.90 Å². The van der Waals surface area contributed by atoms with Crippen molar-refractivity contribution in [1.29, 1.82) is 0 Å². The number of anilines is 2. The summed E-state index contributed by atoms with van der Waals surface area (Å²) >= 11 is 6.03. The molecule has 1 atom stereocenters. The van der Waals surface area contributed by atoms with Gasteiger partial charge in [0.15, 0.2) is 6.61 Å². The second-order valence-corrected chi connectivity index (χ2v) is 6.95. The van der Waals surface area contributed by atoms with Crippen molar-refractivity contribution in [2.24, 2.45) is 5.92 Å². The second-order valence-electron chi connectivity index (χ2n) is 6.54. The summed E-state index contributed by atoms with van der Waals surface area (Å²) in [4.78, 5) is 36.5. The number of carboxylic acids is 1. The lowest BCUT2D eigenvalue weighted by molar-refractivity contribution is -0.141. The molecule has 1 saturated heterocycles. The molecule has 1 aliphatic heterocycles. The summed E-state index contributed by atoms with van der Waals surface area (Å²) in [5, 5.41) is 12.3. The van der Waals surface area contributed by atoms with Crippen LogP contribution < -0.4 is 15.0 Å². The molecule has 146 valence electrons. The minimum Gasteiger partial charge on any atom is -0.484 e. The third-order valence-corrected chi connectivity index (χ3v) is 4.86. The third kappa shape index (κ3) is 4.61. The van der Waals surface area contributed by atoms with Gasteiger partial charge in [-0.25, -0.2) is 0 Å². The molecule has 0 unspecified atom stereocenters. The largest absolute Gasteiger partial charge is 0.484 e. The van der Waals surface area contributed by atoms with E-state index in [0.29, 0.717) is 22.1 Å². The molecule has 8 heteroatoms. The van der Waals surface area contributed by atoms with Crippen LogP contribution in [0.5, 0.6) is 5.75 Å². The molecule has 0 aromatic heterocycles. The zero-order chi connectivity index (χ0) is 20.3. The fraction of sp³-hybridized carbons (Fsp3) is 0.250. The molecule has 3 rings (SSSR count). The van der Waals surface area contributed by atoms with E-state index >= 15 is 0 Å². The first-order valence-corrected chi connectivity index (χ1v) is 9.03. The lowest BCUT2D eigenvalue weighted by Gasteiger charge is -2.16. The van der Waals surface area contributed by atoms with E-state index in [1.54, 1.807) is 36.4 Å². The van der Waals surface area contributed by atoms with E-state index < -0.39 is 11.9 Å². The third-order valence-electron chi connectivity index (χ3n) is 4.45. The van der Waals surface area contributed by atoms with Crippen molar-refractivity contribution in [3.8, 4) is 5.75 Å². The zero-order valence-electron chi connectivity index (χ0n) is 15.1. The fourth-order valence-corrected chi connectivity index (χ4v) is 3.04. The van der Waals surface area contributed by atoms with Crippen LogP contribution in [-0.2, 0) is 14.4 Å². The van der Waals surface area contributed by atoms with Gasteiger partial charge in [-0.1, -0.05) is 17.7 Å². The Morgan fingerprint density at radius 3 is 2.57 bits per heavy atom. The number of aliphatic carboxylic acids is 1. The molecule has 2 amide bonds. The van der Waals surface area contributed by atoms with Crippen molar-refractivity contribution in [2.75, 3.05) is 23.4 Å². The van der Waals surface area contributed by atoms with Gasteiger partial charge in [0.2, 0.25) is 5.91 Å². The zero-order valence-corrected chi connectivity index (χ0v) is 15.9. The number of nitrogens with one attached hydrogen (secondary N) is 1. The number of carboxylic acid groups (broad SMARTS) is 1. The molecule has 0 bridgehead atoms. The maximum Gasteiger partial charge on any atom is 0.308 e. The van der Waals surface area contributed by atoms with Crippen LogP contribution in [0.3, 0.4) is 0 Å². The van der Waals surface area contributed by atoms with Crippen molar-refractivity contribution >= 4 is 40.8 Å². The Labute approximate surface area is 166 Å². The lowest BCUT2D eigenvalue weighted by atomic mass is 10.1. The number of rotatable bonds is 6. The number of halogens is 1. The summed E-state index contributed by atoms with van der Waals surface area (Å²) in [6, 6.07) is 11.8. The number of ether oxygens (including phenoxy) is 1. The highest BCUT2D eigenvalue weighted by Gasteiger charge is 2.34. The summed E-state index contributed by atoms with van der Waals surface area (Å²) in [5.74, 6) is -1.76. The van der Waals surface area contributed by atoms with E-state index in [-0.39, 0.29) is 31.4 Å². The van der Waals surface area contributed by atoms with E-state index in [1.807, 2.05) is 13.0 Å². The van der Waals surface area contributed by atoms with Crippen LogP contribution in [0.1, 0.15) is 12.0 Å². The van der Waals surface area contributed by atoms with Crippen LogP contribution in [0, 0.1) is 12.8 Å². The molecule has 1 fully saturated rings. The summed E-state index contributed by atoms with van der Waals surface area (Å²) in [6.07, 6.45) is -0.00319. The first kappa shape index (κ1) is 19.7. The van der Waals surface area contributed by atoms with Crippen molar-refractivity contribution < 1.29 is 24.2 Å². The Balaban J connectivity index is 1.54. The van der Waals surface area contributed by atoms with Gasteiger partial charge in [-0.3, -0.25) is 14.4 Å². The maximum absolute atomic E-state index is 12.0. The monoisotopic (exact) mass is 402 g/mol. The van der Waals surface area contributed by atoms with Crippen molar-refractivity contribution in [1.82, 2.24) is 0 Å². The average Bonchev–Trinajstić information content (AvgIpc) is 3.06. The van der Waals surface area contributed by atoms with Crippen LogP contribution in [-0.4, -0.2) is 36.0 Å². The molecule has 1 aliphatic rings. The Bertz CT molecular complexity index is 913. The summed E-state index contributed by atoms with van der Waals surface area (Å²) in [6.45, 7) is 1.84. The summed E-state index contributed by atoms with van der Waals surface area (Å²) < 4.78 is 5.46. The Hall–Kier alpha value is -3.06. The van der Waals surface area contributed by atoms with Gasteiger partial charge in [0.05, 0.1) is 5.92 Å².